The lowest BCUT2D eigenvalue weighted by Crippen LogP contribution is -2.14. The van der Waals surface area contributed by atoms with Gasteiger partial charge in [0.15, 0.2) is 0 Å². The number of hydrogen-bond donors (Lipinski definition) is 2. The Morgan fingerprint density at radius 2 is 1.84 bits per heavy atom. The van der Waals surface area contributed by atoms with E-state index >= 15 is 0 Å². The van der Waals surface area contributed by atoms with Crippen LogP contribution in [0.25, 0.3) is 0 Å². The molecule has 0 spiro atoms. The Balaban J connectivity index is 1.61. The molecule has 3 rings (SSSR count). The second kappa shape index (κ2) is 7.48. The highest BCUT2D eigenvalue weighted by Crippen LogP contribution is 2.12. The summed E-state index contributed by atoms with van der Waals surface area (Å²) in [7, 11) is 0. The molecule has 0 fully saturated rings. The van der Waals surface area contributed by atoms with E-state index in [2.05, 4.69) is 20.6 Å². The molecule has 126 valence electrons. The lowest BCUT2D eigenvalue weighted by atomic mass is 10.2. The summed E-state index contributed by atoms with van der Waals surface area (Å²) in [5.41, 5.74) is 0.909. The molecule has 0 saturated carbocycles. The minimum absolute atomic E-state index is 0.0840. The van der Waals surface area contributed by atoms with Gasteiger partial charge < -0.3 is 10.6 Å². The minimum Gasteiger partial charge on any atom is -0.365 e. The van der Waals surface area contributed by atoms with Crippen LogP contribution in [0.5, 0.6) is 0 Å². The number of halogens is 2. The fraction of sp³-hybridized carbons (Fsp3) is 0.0556. The Labute approximate surface area is 142 Å². The third-order valence-corrected chi connectivity index (χ3v) is 3.38. The molecular weight excluding hydrogens is 326 g/mol. The van der Waals surface area contributed by atoms with Crippen molar-refractivity contribution in [1.29, 1.82) is 0 Å². The molecule has 0 atom stereocenters. The zero-order valence-electron chi connectivity index (χ0n) is 13.0. The summed E-state index contributed by atoms with van der Waals surface area (Å²) in [6, 6.07) is 11.9. The number of nitrogens with one attached hydrogen (secondary N) is 2. The van der Waals surface area contributed by atoms with Gasteiger partial charge in [0.05, 0.1) is 12.4 Å². The van der Waals surface area contributed by atoms with Gasteiger partial charge in [-0.2, -0.15) is 0 Å². The molecule has 7 heteroatoms. The predicted octanol–water partition coefficient (Wildman–Crippen LogP) is 3.62. The Hall–Kier alpha value is -3.35. The molecule has 3 aromatic rings. The van der Waals surface area contributed by atoms with Gasteiger partial charge >= 0.3 is 0 Å². The average Bonchev–Trinajstić information content (AvgIpc) is 2.61. The summed E-state index contributed by atoms with van der Waals surface area (Å²) in [4.78, 5) is 20.1. The first kappa shape index (κ1) is 16.5. The van der Waals surface area contributed by atoms with Crippen LogP contribution >= 0.6 is 0 Å². The molecule has 0 unspecified atom stereocenters. The monoisotopic (exact) mass is 340 g/mol. The van der Waals surface area contributed by atoms with Gasteiger partial charge in [0, 0.05) is 17.8 Å². The van der Waals surface area contributed by atoms with Crippen molar-refractivity contribution in [3.63, 3.8) is 0 Å². The summed E-state index contributed by atoms with van der Waals surface area (Å²) in [6.45, 7) is 0.246. The minimum atomic E-state index is -0.501. The highest BCUT2D eigenvalue weighted by atomic mass is 19.1. The molecule has 2 N–H and O–H groups in total. The number of nitrogens with zero attached hydrogens (tertiary/aromatic N) is 2. The number of anilines is 2. The van der Waals surface area contributed by atoms with Crippen LogP contribution in [0.15, 0.2) is 60.9 Å². The van der Waals surface area contributed by atoms with E-state index in [0.29, 0.717) is 17.1 Å². The Bertz CT molecular complexity index is 884. The first-order chi connectivity index (χ1) is 12.1. The van der Waals surface area contributed by atoms with E-state index in [0.717, 1.165) is 0 Å². The van der Waals surface area contributed by atoms with Gasteiger partial charge in [-0.15, -0.1) is 0 Å². The standard InChI is InChI=1S/C18H14F2N4O/c19-13-5-3-6-14(8-13)24-18(25)16-10-23-17(11-21-16)22-9-12-4-1-2-7-15(12)20/h1-8,10-11H,9H2,(H,22,23)(H,24,25). The maximum absolute atomic E-state index is 13.5. The molecule has 0 aliphatic carbocycles. The zero-order valence-corrected chi connectivity index (χ0v) is 13.0. The summed E-state index contributed by atoms with van der Waals surface area (Å²) >= 11 is 0. The first-order valence-electron chi connectivity index (χ1n) is 7.48. The summed E-state index contributed by atoms with van der Waals surface area (Å²) in [5.74, 6) is -0.852. The highest BCUT2D eigenvalue weighted by Gasteiger charge is 2.09. The molecule has 25 heavy (non-hydrogen) atoms. The van der Waals surface area contributed by atoms with E-state index in [1.165, 1.54) is 36.7 Å². The van der Waals surface area contributed by atoms with Crippen LogP contribution < -0.4 is 10.6 Å². The zero-order chi connectivity index (χ0) is 17.6. The quantitative estimate of drug-likeness (QED) is 0.744. The normalized spacial score (nSPS) is 10.3. The number of hydrogen-bond acceptors (Lipinski definition) is 4. The molecule has 0 aliphatic heterocycles. The molecule has 0 bridgehead atoms. The van der Waals surface area contributed by atoms with Crippen LogP contribution in [0.3, 0.4) is 0 Å². The number of aromatic nitrogens is 2. The van der Waals surface area contributed by atoms with Crippen LogP contribution in [0.2, 0.25) is 0 Å². The van der Waals surface area contributed by atoms with E-state index in [-0.39, 0.29) is 18.1 Å². The van der Waals surface area contributed by atoms with Crippen molar-refractivity contribution >= 4 is 17.4 Å². The summed E-state index contributed by atoms with van der Waals surface area (Å²) in [6.07, 6.45) is 2.67. The van der Waals surface area contributed by atoms with Crippen molar-refractivity contribution in [3.05, 3.63) is 83.8 Å². The Morgan fingerprint density at radius 3 is 2.56 bits per heavy atom. The molecule has 0 radical (unpaired) electrons. The highest BCUT2D eigenvalue weighted by molar-refractivity contribution is 6.02. The topological polar surface area (TPSA) is 66.9 Å². The fourth-order valence-corrected chi connectivity index (χ4v) is 2.13. The van der Waals surface area contributed by atoms with Gasteiger partial charge in [-0.3, -0.25) is 4.79 Å². The molecule has 0 saturated heterocycles. The van der Waals surface area contributed by atoms with E-state index in [1.807, 2.05) is 0 Å². The smallest absolute Gasteiger partial charge is 0.275 e. The molecule has 2 aromatic carbocycles. The van der Waals surface area contributed by atoms with Crippen molar-refractivity contribution in [2.45, 2.75) is 6.54 Å². The molecule has 1 aromatic heterocycles. The van der Waals surface area contributed by atoms with Gasteiger partial charge in [-0.25, -0.2) is 18.7 Å². The van der Waals surface area contributed by atoms with Gasteiger partial charge in [-0.05, 0) is 24.3 Å². The van der Waals surface area contributed by atoms with Crippen molar-refractivity contribution in [2.75, 3.05) is 10.6 Å². The third-order valence-electron chi connectivity index (χ3n) is 3.38. The first-order valence-corrected chi connectivity index (χ1v) is 7.48. The number of rotatable bonds is 5. The summed E-state index contributed by atoms with van der Waals surface area (Å²) in [5, 5.41) is 5.46. The van der Waals surface area contributed by atoms with Crippen LogP contribution in [0.1, 0.15) is 16.1 Å². The SMILES string of the molecule is O=C(Nc1cccc(F)c1)c1cnc(NCc2ccccc2F)cn1. The van der Waals surface area contributed by atoms with Gasteiger partial charge in [0.1, 0.15) is 23.1 Å². The van der Waals surface area contributed by atoms with Gasteiger partial charge in [0.25, 0.3) is 5.91 Å². The largest absolute Gasteiger partial charge is 0.365 e. The second-order valence-electron chi connectivity index (χ2n) is 5.20. The lowest BCUT2D eigenvalue weighted by Gasteiger charge is -2.07. The van der Waals surface area contributed by atoms with E-state index in [4.69, 9.17) is 0 Å². The Morgan fingerprint density at radius 1 is 1.00 bits per heavy atom. The van der Waals surface area contributed by atoms with Crippen LogP contribution in [0, 0.1) is 11.6 Å². The third kappa shape index (κ3) is 4.35. The Kier molecular flexibility index (Phi) is 4.94. The number of benzene rings is 2. The van der Waals surface area contributed by atoms with Crippen molar-refractivity contribution in [1.82, 2.24) is 9.97 Å². The number of carbonyl (C=O) groups excluding carboxylic acids is 1. The number of carbonyl (C=O) groups is 1. The summed E-state index contributed by atoms with van der Waals surface area (Å²) < 4.78 is 26.7. The molecular formula is C18H14F2N4O. The van der Waals surface area contributed by atoms with Crippen LogP contribution in [-0.2, 0) is 6.54 Å². The molecule has 0 aliphatic rings. The molecule has 1 heterocycles. The second-order valence-corrected chi connectivity index (χ2v) is 5.20. The lowest BCUT2D eigenvalue weighted by molar-refractivity contribution is 0.102. The fourth-order valence-electron chi connectivity index (χ4n) is 2.13. The number of amides is 1. The van der Waals surface area contributed by atoms with Crippen LogP contribution in [0.4, 0.5) is 20.3 Å². The van der Waals surface area contributed by atoms with E-state index in [1.54, 1.807) is 24.3 Å². The van der Waals surface area contributed by atoms with Gasteiger partial charge in [-0.1, -0.05) is 24.3 Å². The van der Waals surface area contributed by atoms with Crippen molar-refractivity contribution < 1.29 is 13.6 Å². The van der Waals surface area contributed by atoms with E-state index in [9.17, 15) is 13.6 Å². The molecule has 1 amide bonds. The van der Waals surface area contributed by atoms with Crippen LogP contribution in [-0.4, -0.2) is 15.9 Å². The average molecular weight is 340 g/mol. The van der Waals surface area contributed by atoms with Crippen molar-refractivity contribution in [2.24, 2.45) is 0 Å². The maximum Gasteiger partial charge on any atom is 0.275 e. The van der Waals surface area contributed by atoms with E-state index < -0.39 is 11.7 Å². The maximum atomic E-state index is 13.5. The van der Waals surface area contributed by atoms with Crippen molar-refractivity contribution in [3.8, 4) is 0 Å². The predicted molar refractivity (Wildman–Crippen MR) is 90.1 cm³/mol. The molecule has 5 nitrogen and oxygen atoms in total. The van der Waals surface area contributed by atoms with Gasteiger partial charge in [0.2, 0.25) is 0 Å².